The summed E-state index contributed by atoms with van der Waals surface area (Å²) in [4.78, 5) is 21.1. The van der Waals surface area contributed by atoms with Crippen molar-refractivity contribution in [3.05, 3.63) is 0 Å². The number of ether oxygens (including phenoxy) is 1. The topological polar surface area (TPSA) is 55.4 Å². The van der Waals surface area contributed by atoms with Crippen molar-refractivity contribution in [3.63, 3.8) is 0 Å². The third-order valence-corrected chi connectivity index (χ3v) is 1.24. The molecule has 1 aliphatic heterocycles. The lowest BCUT2D eigenvalue weighted by atomic mass is 10.3. The number of esters is 2. The van der Waals surface area contributed by atoms with Crippen molar-refractivity contribution in [2.24, 2.45) is 0 Å². The van der Waals surface area contributed by atoms with E-state index in [2.05, 4.69) is 10.1 Å². The summed E-state index contributed by atoms with van der Waals surface area (Å²) in [7, 11) is 0. The van der Waals surface area contributed by atoms with Crippen LogP contribution in [0.2, 0.25) is 0 Å². The molecule has 0 atom stereocenters. The molecule has 1 N–H and O–H groups in total. The van der Waals surface area contributed by atoms with Crippen LogP contribution in [0.15, 0.2) is 0 Å². The lowest BCUT2D eigenvalue weighted by molar-refractivity contribution is -0.160. The first-order valence-corrected chi connectivity index (χ1v) is 3.23. The monoisotopic (exact) mass is 143 g/mol. The maximum atomic E-state index is 10.6. The Labute approximate surface area is 58.5 Å². The van der Waals surface area contributed by atoms with Crippen molar-refractivity contribution in [1.29, 1.82) is 0 Å². The molecule has 0 radical (unpaired) electrons. The molecule has 1 fully saturated rings. The summed E-state index contributed by atoms with van der Waals surface area (Å²) < 4.78 is 4.37. The normalized spacial score (nSPS) is 21.2. The van der Waals surface area contributed by atoms with E-state index in [1.165, 1.54) is 0 Å². The fourth-order valence-corrected chi connectivity index (χ4v) is 0.735. The van der Waals surface area contributed by atoms with Crippen LogP contribution in [0.4, 0.5) is 0 Å². The van der Waals surface area contributed by atoms with Gasteiger partial charge in [0.2, 0.25) is 0 Å². The van der Waals surface area contributed by atoms with Crippen LogP contribution in [0.5, 0.6) is 0 Å². The zero-order valence-corrected chi connectivity index (χ0v) is 5.55. The largest absolute Gasteiger partial charge is 0.393 e. The molecule has 0 unspecified atom stereocenters. The molecule has 4 heteroatoms. The van der Waals surface area contributed by atoms with Gasteiger partial charge in [-0.3, -0.25) is 9.59 Å². The summed E-state index contributed by atoms with van der Waals surface area (Å²) in [5.41, 5.74) is 0. The molecule has 1 saturated heterocycles. The summed E-state index contributed by atoms with van der Waals surface area (Å²) in [5, 5.41) is 2.93. The van der Waals surface area contributed by atoms with Crippen LogP contribution >= 0.6 is 0 Å². The first-order chi connectivity index (χ1) is 4.79. The molecule has 0 aliphatic carbocycles. The van der Waals surface area contributed by atoms with Crippen molar-refractivity contribution >= 4 is 11.9 Å². The van der Waals surface area contributed by atoms with Crippen molar-refractivity contribution < 1.29 is 14.3 Å². The van der Waals surface area contributed by atoms with Gasteiger partial charge in [-0.05, 0) is 0 Å². The van der Waals surface area contributed by atoms with Crippen LogP contribution < -0.4 is 5.32 Å². The van der Waals surface area contributed by atoms with Gasteiger partial charge in [-0.15, -0.1) is 0 Å². The molecule has 10 heavy (non-hydrogen) atoms. The van der Waals surface area contributed by atoms with E-state index < -0.39 is 11.9 Å². The summed E-state index contributed by atoms with van der Waals surface area (Å²) in [6.45, 7) is 1.21. The van der Waals surface area contributed by atoms with E-state index in [4.69, 9.17) is 0 Å². The number of hydrogen-bond donors (Lipinski definition) is 1. The third-order valence-electron chi connectivity index (χ3n) is 1.24. The minimum Gasteiger partial charge on any atom is -0.393 e. The van der Waals surface area contributed by atoms with Gasteiger partial charge in [-0.2, -0.15) is 0 Å². The van der Waals surface area contributed by atoms with E-state index in [1.807, 2.05) is 0 Å². The van der Waals surface area contributed by atoms with Crippen LogP contribution in [0.1, 0.15) is 12.8 Å². The smallest absolute Gasteiger partial charge is 0.314 e. The second-order valence-corrected chi connectivity index (χ2v) is 2.10. The average molecular weight is 143 g/mol. The summed E-state index contributed by atoms with van der Waals surface area (Å²) in [6, 6.07) is 0. The average Bonchev–Trinajstić information content (AvgIpc) is 1.83. The Balaban J connectivity index is 2.40. The number of cyclic esters (lactones) is 2. The van der Waals surface area contributed by atoms with E-state index in [0.717, 1.165) is 0 Å². The first kappa shape index (κ1) is 7.21. The highest BCUT2D eigenvalue weighted by molar-refractivity contribution is 5.85. The molecule has 0 amide bonds. The SMILES string of the molecule is O=C1CCNCCC(=O)O1. The van der Waals surface area contributed by atoms with Crippen molar-refractivity contribution in [2.75, 3.05) is 13.1 Å². The molecule has 1 aliphatic rings. The standard InChI is InChI=1S/C6H9NO3/c8-5-1-3-7-4-2-6(9)10-5/h7H,1-4H2. The van der Waals surface area contributed by atoms with E-state index in [9.17, 15) is 9.59 Å². The highest BCUT2D eigenvalue weighted by Gasteiger charge is 2.12. The van der Waals surface area contributed by atoms with E-state index in [-0.39, 0.29) is 12.8 Å². The molecule has 0 spiro atoms. The van der Waals surface area contributed by atoms with Gasteiger partial charge in [-0.25, -0.2) is 0 Å². The number of hydrogen-bond acceptors (Lipinski definition) is 4. The van der Waals surface area contributed by atoms with Gasteiger partial charge in [-0.1, -0.05) is 0 Å². The molecule has 1 heterocycles. The Hall–Kier alpha value is -0.900. The Morgan fingerprint density at radius 3 is 2.10 bits per heavy atom. The predicted molar refractivity (Wildman–Crippen MR) is 33.2 cm³/mol. The van der Waals surface area contributed by atoms with Crippen LogP contribution in [0.25, 0.3) is 0 Å². The van der Waals surface area contributed by atoms with E-state index >= 15 is 0 Å². The Morgan fingerprint density at radius 1 is 1.10 bits per heavy atom. The number of carbonyl (C=O) groups is 2. The third kappa shape index (κ3) is 2.14. The van der Waals surface area contributed by atoms with Gasteiger partial charge in [0, 0.05) is 13.1 Å². The molecule has 1 rings (SSSR count). The molecule has 0 bridgehead atoms. The highest BCUT2D eigenvalue weighted by Crippen LogP contribution is 1.93. The van der Waals surface area contributed by atoms with Crippen molar-refractivity contribution in [2.45, 2.75) is 12.8 Å². The summed E-state index contributed by atoms with van der Waals surface area (Å²) in [5.74, 6) is -0.866. The maximum absolute atomic E-state index is 10.6. The molecule has 0 aromatic heterocycles. The first-order valence-electron chi connectivity index (χ1n) is 3.23. The maximum Gasteiger partial charge on any atom is 0.314 e. The van der Waals surface area contributed by atoms with Crippen molar-refractivity contribution in [3.8, 4) is 0 Å². The fraction of sp³-hybridized carbons (Fsp3) is 0.667. The number of rotatable bonds is 0. The summed E-state index contributed by atoms with van der Waals surface area (Å²) in [6.07, 6.45) is 0.567. The van der Waals surface area contributed by atoms with E-state index in [0.29, 0.717) is 13.1 Å². The Kier molecular flexibility index (Phi) is 2.39. The zero-order chi connectivity index (χ0) is 7.40. The Morgan fingerprint density at radius 2 is 1.60 bits per heavy atom. The number of carbonyl (C=O) groups excluding carboxylic acids is 2. The van der Waals surface area contributed by atoms with Gasteiger partial charge >= 0.3 is 11.9 Å². The molecule has 0 aromatic carbocycles. The highest BCUT2D eigenvalue weighted by atomic mass is 16.6. The summed E-state index contributed by atoms with van der Waals surface area (Å²) >= 11 is 0. The molecule has 0 saturated carbocycles. The molecular weight excluding hydrogens is 134 g/mol. The minimum atomic E-state index is -0.433. The van der Waals surface area contributed by atoms with Gasteiger partial charge in [0.25, 0.3) is 0 Å². The van der Waals surface area contributed by atoms with Crippen LogP contribution in [0, 0.1) is 0 Å². The molecule has 0 aromatic rings. The van der Waals surface area contributed by atoms with Crippen LogP contribution in [0.3, 0.4) is 0 Å². The van der Waals surface area contributed by atoms with Gasteiger partial charge in [0.1, 0.15) is 0 Å². The Bertz CT molecular complexity index is 139. The lowest BCUT2D eigenvalue weighted by Gasteiger charge is -2.07. The fourth-order valence-electron chi connectivity index (χ4n) is 0.735. The molecule has 56 valence electrons. The minimum absolute atomic E-state index is 0.283. The lowest BCUT2D eigenvalue weighted by Crippen LogP contribution is -2.28. The van der Waals surface area contributed by atoms with Crippen LogP contribution in [-0.2, 0) is 14.3 Å². The molecular formula is C6H9NO3. The van der Waals surface area contributed by atoms with Gasteiger partial charge in [0.15, 0.2) is 0 Å². The van der Waals surface area contributed by atoms with Gasteiger partial charge < -0.3 is 10.1 Å². The van der Waals surface area contributed by atoms with Crippen LogP contribution in [-0.4, -0.2) is 25.0 Å². The van der Waals surface area contributed by atoms with E-state index in [1.54, 1.807) is 0 Å². The molecule has 4 nitrogen and oxygen atoms in total. The quantitative estimate of drug-likeness (QED) is 0.365. The second kappa shape index (κ2) is 3.31. The number of nitrogens with one attached hydrogen (secondary N) is 1. The predicted octanol–water partition coefficient (Wildman–Crippen LogP) is -0.560. The van der Waals surface area contributed by atoms with Crippen molar-refractivity contribution in [1.82, 2.24) is 5.32 Å². The second-order valence-electron chi connectivity index (χ2n) is 2.10. The van der Waals surface area contributed by atoms with Gasteiger partial charge in [0.05, 0.1) is 12.8 Å². The zero-order valence-electron chi connectivity index (χ0n) is 5.55.